The van der Waals surface area contributed by atoms with Gasteiger partial charge >= 0.3 is 0 Å². The van der Waals surface area contributed by atoms with Crippen LogP contribution in [0.5, 0.6) is 0 Å². The summed E-state index contributed by atoms with van der Waals surface area (Å²) in [7, 11) is 0. The lowest BCUT2D eigenvalue weighted by Gasteiger charge is -2.57. The molecule has 0 saturated heterocycles. The van der Waals surface area contributed by atoms with Crippen LogP contribution in [0.3, 0.4) is 0 Å². The van der Waals surface area contributed by atoms with E-state index in [0.29, 0.717) is 5.41 Å². The van der Waals surface area contributed by atoms with Gasteiger partial charge in [-0.05, 0) is 79.2 Å². The van der Waals surface area contributed by atoms with Crippen molar-refractivity contribution in [2.75, 3.05) is 0 Å². The summed E-state index contributed by atoms with van der Waals surface area (Å²) in [6.07, 6.45) is 11.7. The van der Waals surface area contributed by atoms with Gasteiger partial charge in [0.2, 0.25) is 0 Å². The second-order valence-electron chi connectivity index (χ2n) is 7.61. The Morgan fingerprint density at radius 3 is 2.11 bits per heavy atom. The van der Waals surface area contributed by atoms with Crippen LogP contribution in [0.1, 0.15) is 63.0 Å². The number of aryl methyl sites for hydroxylation is 1. The molecular formula is C19H26. The Labute approximate surface area is 117 Å². The van der Waals surface area contributed by atoms with Crippen LogP contribution in [-0.2, 0) is 11.8 Å². The molecule has 0 spiro atoms. The molecule has 1 aromatic rings. The Kier molecular flexibility index (Phi) is 2.76. The molecular weight excluding hydrogens is 228 g/mol. The average Bonchev–Trinajstić information content (AvgIpc) is 2.38. The van der Waals surface area contributed by atoms with E-state index in [1.165, 1.54) is 32.1 Å². The summed E-state index contributed by atoms with van der Waals surface area (Å²) in [5.41, 5.74) is 3.99. The molecule has 0 heteroatoms. The normalized spacial score (nSPS) is 39.7. The standard InChI is InChI=1S/C19H26/c1-2-5-17-6-3-4-7-18(17)19-11-14-8-15(12-19)10-16(9-14)13-19/h3-4,6-7,14-16H,2,5,8-13H2,1H3. The van der Waals surface area contributed by atoms with Crippen LogP contribution >= 0.6 is 0 Å². The molecule has 4 saturated carbocycles. The monoisotopic (exact) mass is 254 g/mol. The van der Waals surface area contributed by atoms with Crippen LogP contribution in [0.4, 0.5) is 0 Å². The highest BCUT2D eigenvalue weighted by Crippen LogP contribution is 2.61. The van der Waals surface area contributed by atoms with Crippen molar-refractivity contribution in [3.8, 4) is 0 Å². The number of benzene rings is 1. The maximum atomic E-state index is 2.47. The van der Waals surface area contributed by atoms with Crippen molar-refractivity contribution in [3.63, 3.8) is 0 Å². The number of hydrogen-bond acceptors (Lipinski definition) is 0. The molecule has 19 heavy (non-hydrogen) atoms. The van der Waals surface area contributed by atoms with E-state index in [0.717, 1.165) is 17.8 Å². The van der Waals surface area contributed by atoms with Gasteiger partial charge in [-0.15, -0.1) is 0 Å². The highest BCUT2D eigenvalue weighted by molar-refractivity contribution is 5.37. The zero-order valence-corrected chi connectivity index (χ0v) is 12.2. The van der Waals surface area contributed by atoms with E-state index in [1.807, 2.05) is 0 Å². The number of hydrogen-bond donors (Lipinski definition) is 0. The Hall–Kier alpha value is -0.780. The molecule has 1 aromatic carbocycles. The van der Waals surface area contributed by atoms with Gasteiger partial charge in [-0.25, -0.2) is 0 Å². The molecule has 0 aromatic heterocycles. The smallest absolute Gasteiger partial charge is 0.00363 e. The van der Waals surface area contributed by atoms with Crippen LogP contribution in [0.15, 0.2) is 24.3 Å². The van der Waals surface area contributed by atoms with Gasteiger partial charge in [0.1, 0.15) is 0 Å². The molecule has 4 aliphatic carbocycles. The maximum absolute atomic E-state index is 2.47. The van der Waals surface area contributed by atoms with Crippen molar-refractivity contribution in [1.29, 1.82) is 0 Å². The first-order valence-corrected chi connectivity index (χ1v) is 8.37. The fraction of sp³-hybridized carbons (Fsp3) is 0.684. The fourth-order valence-electron chi connectivity index (χ4n) is 5.97. The first kappa shape index (κ1) is 12.0. The molecule has 4 aliphatic rings. The summed E-state index contributed by atoms with van der Waals surface area (Å²) in [6, 6.07) is 9.40. The topological polar surface area (TPSA) is 0 Å². The third-order valence-corrected chi connectivity index (χ3v) is 6.15. The van der Waals surface area contributed by atoms with Gasteiger partial charge in [0, 0.05) is 0 Å². The van der Waals surface area contributed by atoms with Crippen molar-refractivity contribution in [2.24, 2.45) is 17.8 Å². The largest absolute Gasteiger partial charge is 0.0651 e. The van der Waals surface area contributed by atoms with Crippen molar-refractivity contribution in [1.82, 2.24) is 0 Å². The Bertz CT molecular complexity index is 435. The summed E-state index contributed by atoms with van der Waals surface area (Å²) >= 11 is 0. The minimum absolute atomic E-state index is 0.584. The maximum Gasteiger partial charge on any atom is -0.00363 e. The average molecular weight is 254 g/mol. The van der Waals surface area contributed by atoms with Gasteiger partial charge in [0.05, 0.1) is 0 Å². The van der Waals surface area contributed by atoms with Crippen LogP contribution in [-0.4, -0.2) is 0 Å². The molecule has 0 radical (unpaired) electrons. The van der Waals surface area contributed by atoms with Gasteiger partial charge in [0.15, 0.2) is 0 Å². The fourth-order valence-corrected chi connectivity index (χ4v) is 5.97. The van der Waals surface area contributed by atoms with Crippen molar-refractivity contribution in [2.45, 2.75) is 63.7 Å². The molecule has 0 N–H and O–H groups in total. The highest BCUT2D eigenvalue weighted by atomic mass is 14.6. The van der Waals surface area contributed by atoms with Crippen LogP contribution in [0.25, 0.3) is 0 Å². The zero-order chi connectivity index (χ0) is 12.9. The zero-order valence-electron chi connectivity index (χ0n) is 12.2. The summed E-state index contributed by atoms with van der Waals surface area (Å²) in [4.78, 5) is 0. The lowest BCUT2D eigenvalue weighted by atomic mass is 9.47. The van der Waals surface area contributed by atoms with E-state index in [2.05, 4.69) is 31.2 Å². The molecule has 4 bridgehead atoms. The number of rotatable bonds is 3. The first-order chi connectivity index (χ1) is 9.29. The predicted octanol–water partition coefficient (Wildman–Crippen LogP) is 5.11. The van der Waals surface area contributed by atoms with E-state index in [4.69, 9.17) is 0 Å². The van der Waals surface area contributed by atoms with E-state index in [1.54, 1.807) is 30.4 Å². The predicted molar refractivity (Wildman–Crippen MR) is 80.3 cm³/mol. The summed E-state index contributed by atoms with van der Waals surface area (Å²) in [5.74, 6) is 3.17. The van der Waals surface area contributed by atoms with Gasteiger partial charge < -0.3 is 0 Å². The lowest BCUT2D eigenvalue weighted by Crippen LogP contribution is -2.48. The van der Waals surface area contributed by atoms with Crippen LogP contribution in [0, 0.1) is 17.8 Å². The molecule has 0 atom stereocenters. The molecule has 0 amide bonds. The minimum atomic E-state index is 0.584. The van der Waals surface area contributed by atoms with Crippen molar-refractivity contribution < 1.29 is 0 Å². The van der Waals surface area contributed by atoms with E-state index >= 15 is 0 Å². The molecule has 0 unspecified atom stereocenters. The van der Waals surface area contributed by atoms with Crippen molar-refractivity contribution >= 4 is 0 Å². The summed E-state index contributed by atoms with van der Waals surface area (Å²) in [5, 5.41) is 0. The van der Waals surface area contributed by atoms with Gasteiger partial charge in [-0.2, -0.15) is 0 Å². The second-order valence-corrected chi connectivity index (χ2v) is 7.61. The third kappa shape index (κ3) is 1.87. The highest BCUT2D eigenvalue weighted by Gasteiger charge is 2.51. The first-order valence-electron chi connectivity index (χ1n) is 8.37. The molecule has 4 fully saturated rings. The van der Waals surface area contributed by atoms with E-state index in [9.17, 15) is 0 Å². The molecule has 5 rings (SSSR count). The lowest BCUT2D eigenvalue weighted by molar-refractivity contribution is -0.00558. The quantitative estimate of drug-likeness (QED) is 0.703. The minimum Gasteiger partial charge on any atom is -0.0651 e. The molecule has 0 nitrogen and oxygen atoms in total. The summed E-state index contributed by atoms with van der Waals surface area (Å²) in [6.45, 7) is 2.32. The van der Waals surface area contributed by atoms with Gasteiger partial charge in [0.25, 0.3) is 0 Å². The SMILES string of the molecule is CCCc1ccccc1C12CC3CC(CC(C3)C1)C2. The van der Waals surface area contributed by atoms with Crippen LogP contribution < -0.4 is 0 Å². The van der Waals surface area contributed by atoms with Crippen LogP contribution in [0.2, 0.25) is 0 Å². The Morgan fingerprint density at radius 1 is 0.947 bits per heavy atom. The van der Waals surface area contributed by atoms with Crippen molar-refractivity contribution in [3.05, 3.63) is 35.4 Å². The Balaban J connectivity index is 1.75. The third-order valence-electron chi connectivity index (χ3n) is 6.15. The summed E-state index contributed by atoms with van der Waals surface area (Å²) < 4.78 is 0. The van der Waals surface area contributed by atoms with E-state index < -0.39 is 0 Å². The van der Waals surface area contributed by atoms with E-state index in [-0.39, 0.29) is 0 Å². The molecule has 102 valence electrons. The van der Waals surface area contributed by atoms with Gasteiger partial charge in [-0.3, -0.25) is 0 Å². The molecule has 0 aliphatic heterocycles. The second kappa shape index (κ2) is 4.36. The molecule has 0 heterocycles. The Morgan fingerprint density at radius 2 is 1.53 bits per heavy atom. The van der Waals surface area contributed by atoms with Gasteiger partial charge in [-0.1, -0.05) is 37.6 Å².